The number of halogens is 1. The minimum absolute atomic E-state index is 0.189. The van der Waals surface area contributed by atoms with Crippen molar-refractivity contribution in [3.8, 4) is 0 Å². The largest absolute Gasteiger partial charge is 0.207 e. The normalized spacial score (nSPS) is 9.68. The van der Waals surface area contributed by atoms with Crippen LogP contribution in [0.25, 0.3) is 0 Å². The molecule has 2 heteroatoms. The fourth-order valence-corrected chi connectivity index (χ4v) is 2.25. The zero-order valence-electron chi connectivity index (χ0n) is 11.8. The number of hydrogen-bond donors (Lipinski definition) is 0. The molecule has 2 aromatic rings. The van der Waals surface area contributed by atoms with Gasteiger partial charge >= 0.3 is 0 Å². The van der Waals surface area contributed by atoms with Crippen molar-refractivity contribution in [3.63, 3.8) is 0 Å². The first-order chi connectivity index (χ1) is 9.19. The highest BCUT2D eigenvalue weighted by atomic mass is 32.2. The first kappa shape index (κ1) is 15.8. The number of benzene rings is 2. The SMILES string of the molecule is CCC.CCc1ccc(Sc2ccc(F)cc2)cc1. The van der Waals surface area contributed by atoms with Crippen molar-refractivity contribution in [1.82, 2.24) is 0 Å². The molecule has 0 N–H and O–H groups in total. The molecule has 0 heterocycles. The van der Waals surface area contributed by atoms with Crippen molar-refractivity contribution in [3.05, 3.63) is 59.9 Å². The zero-order chi connectivity index (χ0) is 14.1. The van der Waals surface area contributed by atoms with Crippen LogP contribution in [0.5, 0.6) is 0 Å². The van der Waals surface area contributed by atoms with Crippen LogP contribution in [-0.4, -0.2) is 0 Å². The molecule has 0 saturated heterocycles. The Morgan fingerprint density at radius 3 is 1.63 bits per heavy atom. The molecule has 0 aliphatic rings. The second-order valence-electron chi connectivity index (χ2n) is 4.26. The van der Waals surface area contributed by atoms with Crippen LogP contribution in [0.3, 0.4) is 0 Å². The second-order valence-corrected chi connectivity index (χ2v) is 5.41. The van der Waals surface area contributed by atoms with E-state index in [1.165, 1.54) is 29.0 Å². The first-order valence-electron chi connectivity index (χ1n) is 6.71. The van der Waals surface area contributed by atoms with Gasteiger partial charge in [0.2, 0.25) is 0 Å². The topological polar surface area (TPSA) is 0 Å². The van der Waals surface area contributed by atoms with Crippen LogP contribution in [0.15, 0.2) is 58.3 Å². The summed E-state index contributed by atoms with van der Waals surface area (Å²) in [7, 11) is 0. The fraction of sp³-hybridized carbons (Fsp3) is 0.294. The molecular formula is C17H21FS. The molecule has 0 bridgehead atoms. The van der Waals surface area contributed by atoms with Crippen molar-refractivity contribution in [2.75, 3.05) is 0 Å². The predicted octanol–water partition coefficient (Wildman–Crippen LogP) is 5.96. The van der Waals surface area contributed by atoms with E-state index in [0.29, 0.717) is 0 Å². The van der Waals surface area contributed by atoms with Gasteiger partial charge in [0.25, 0.3) is 0 Å². The number of rotatable bonds is 3. The summed E-state index contributed by atoms with van der Waals surface area (Å²) in [4.78, 5) is 2.24. The van der Waals surface area contributed by atoms with E-state index in [1.807, 2.05) is 0 Å². The molecule has 0 radical (unpaired) electrons. The summed E-state index contributed by atoms with van der Waals surface area (Å²) in [5.41, 5.74) is 1.34. The van der Waals surface area contributed by atoms with E-state index < -0.39 is 0 Å². The van der Waals surface area contributed by atoms with Crippen LogP contribution in [0.1, 0.15) is 32.8 Å². The van der Waals surface area contributed by atoms with Gasteiger partial charge in [-0.2, -0.15) is 0 Å². The number of hydrogen-bond acceptors (Lipinski definition) is 1. The van der Waals surface area contributed by atoms with Crippen molar-refractivity contribution in [2.45, 2.75) is 43.4 Å². The van der Waals surface area contributed by atoms with Crippen molar-refractivity contribution in [2.24, 2.45) is 0 Å². The van der Waals surface area contributed by atoms with E-state index in [1.54, 1.807) is 23.9 Å². The highest BCUT2D eigenvalue weighted by Crippen LogP contribution is 2.27. The Balaban J connectivity index is 0.000000550. The average molecular weight is 276 g/mol. The molecule has 0 fully saturated rings. The zero-order valence-corrected chi connectivity index (χ0v) is 12.6. The summed E-state index contributed by atoms with van der Waals surface area (Å²) in [6.07, 6.45) is 2.31. The van der Waals surface area contributed by atoms with Gasteiger partial charge in [0.1, 0.15) is 5.82 Å². The van der Waals surface area contributed by atoms with Crippen LogP contribution in [-0.2, 0) is 6.42 Å². The Morgan fingerprint density at radius 1 is 0.789 bits per heavy atom. The van der Waals surface area contributed by atoms with Gasteiger partial charge in [0.15, 0.2) is 0 Å². The molecule has 2 aromatic carbocycles. The van der Waals surface area contributed by atoms with E-state index in [0.717, 1.165) is 11.3 Å². The smallest absolute Gasteiger partial charge is 0.123 e. The van der Waals surface area contributed by atoms with Crippen LogP contribution >= 0.6 is 11.8 Å². The quantitative estimate of drug-likeness (QED) is 0.667. The maximum Gasteiger partial charge on any atom is 0.123 e. The molecular weight excluding hydrogens is 255 g/mol. The highest BCUT2D eigenvalue weighted by Gasteiger charge is 1.98. The lowest BCUT2D eigenvalue weighted by Gasteiger charge is -2.02. The molecule has 0 aromatic heterocycles. The van der Waals surface area contributed by atoms with Crippen LogP contribution < -0.4 is 0 Å². The lowest BCUT2D eigenvalue weighted by molar-refractivity contribution is 0.626. The summed E-state index contributed by atoms with van der Waals surface area (Å²) in [6, 6.07) is 15.0. The lowest BCUT2D eigenvalue weighted by atomic mass is 10.2. The molecule has 0 aliphatic heterocycles. The van der Waals surface area contributed by atoms with E-state index >= 15 is 0 Å². The first-order valence-corrected chi connectivity index (χ1v) is 7.53. The summed E-state index contributed by atoms with van der Waals surface area (Å²) < 4.78 is 12.7. The third kappa shape index (κ3) is 5.93. The van der Waals surface area contributed by atoms with Crippen LogP contribution in [0, 0.1) is 5.82 Å². The fourth-order valence-electron chi connectivity index (χ4n) is 1.43. The van der Waals surface area contributed by atoms with Gasteiger partial charge in [-0.05, 0) is 48.4 Å². The van der Waals surface area contributed by atoms with Gasteiger partial charge in [-0.1, -0.05) is 51.1 Å². The van der Waals surface area contributed by atoms with Gasteiger partial charge in [-0.25, -0.2) is 4.39 Å². The Hall–Kier alpha value is -1.28. The summed E-state index contributed by atoms with van der Waals surface area (Å²) >= 11 is 1.65. The van der Waals surface area contributed by atoms with Crippen molar-refractivity contribution in [1.29, 1.82) is 0 Å². The Bertz CT molecular complexity index is 460. The molecule has 0 nitrogen and oxygen atoms in total. The van der Waals surface area contributed by atoms with Gasteiger partial charge in [0.05, 0.1) is 0 Å². The van der Waals surface area contributed by atoms with Crippen molar-refractivity contribution >= 4 is 11.8 Å². The van der Waals surface area contributed by atoms with Gasteiger partial charge in [-0.3, -0.25) is 0 Å². The summed E-state index contributed by atoms with van der Waals surface area (Å²) in [5, 5.41) is 0. The minimum atomic E-state index is -0.189. The maximum atomic E-state index is 12.7. The molecule has 2 rings (SSSR count). The molecule has 102 valence electrons. The van der Waals surface area contributed by atoms with Gasteiger partial charge < -0.3 is 0 Å². The molecule has 0 spiro atoms. The maximum absolute atomic E-state index is 12.7. The lowest BCUT2D eigenvalue weighted by Crippen LogP contribution is -1.79. The molecule has 0 amide bonds. The second kappa shape index (κ2) is 8.76. The van der Waals surface area contributed by atoms with Crippen LogP contribution in [0.4, 0.5) is 4.39 Å². The standard InChI is InChI=1S/C14H13FS.C3H8/c1-2-11-3-7-13(8-4-11)16-14-9-5-12(15)6-10-14;1-3-2/h3-10H,2H2,1H3;3H2,1-2H3. The minimum Gasteiger partial charge on any atom is -0.207 e. The van der Waals surface area contributed by atoms with E-state index in [2.05, 4.69) is 45.0 Å². The Kier molecular flexibility index (Phi) is 7.27. The van der Waals surface area contributed by atoms with Gasteiger partial charge in [-0.15, -0.1) is 0 Å². The monoisotopic (exact) mass is 276 g/mol. The van der Waals surface area contributed by atoms with E-state index in [4.69, 9.17) is 0 Å². The van der Waals surface area contributed by atoms with Crippen LogP contribution in [0.2, 0.25) is 0 Å². The average Bonchev–Trinajstić information content (AvgIpc) is 2.43. The summed E-state index contributed by atoms with van der Waals surface area (Å²) in [6.45, 7) is 6.39. The third-order valence-electron chi connectivity index (χ3n) is 2.38. The molecule has 0 atom stereocenters. The third-order valence-corrected chi connectivity index (χ3v) is 3.40. The van der Waals surface area contributed by atoms with E-state index in [-0.39, 0.29) is 5.82 Å². The van der Waals surface area contributed by atoms with Crippen molar-refractivity contribution < 1.29 is 4.39 Å². The summed E-state index contributed by atoms with van der Waals surface area (Å²) in [5.74, 6) is -0.189. The molecule has 0 saturated carbocycles. The van der Waals surface area contributed by atoms with Gasteiger partial charge in [0, 0.05) is 9.79 Å². The highest BCUT2D eigenvalue weighted by molar-refractivity contribution is 7.99. The number of aryl methyl sites for hydroxylation is 1. The Morgan fingerprint density at radius 2 is 1.21 bits per heavy atom. The van der Waals surface area contributed by atoms with E-state index in [9.17, 15) is 4.39 Å². The predicted molar refractivity (Wildman–Crippen MR) is 82.3 cm³/mol. The molecule has 19 heavy (non-hydrogen) atoms. The Labute approximate surface area is 120 Å². The molecule has 0 aliphatic carbocycles. The molecule has 0 unspecified atom stereocenters.